The lowest BCUT2D eigenvalue weighted by Gasteiger charge is -2.26. The second-order valence-electron chi connectivity index (χ2n) is 7.31. The van der Waals surface area contributed by atoms with Gasteiger partial charge in [-0.1, -0.05) is 54.6 Å². The van der Waals surface area contributed by atoms with E-state index in [1.165, 1.54) is 16.6 Å². The largest absolute Gasteiger partial charge is 0.454 e. The Kier molecular flexibility index (Phi) is 6.12. The minimum atomic E-state index is -0.745. The molecule has 0 unspecified atom stereocenters. The monoisotopic (exact) mass is 405 g/mol. The molecule has 1 heterocycles. The predicted octanol–water partition coefficient (Wildman–Crippen LogP) is 2.19. The first-order valence-corrected chi connectivity index (χ1v) is 10.0. The quantitative estimate of drug-likeness (QED) is 0.605. The van der Waals surface area contributed by atoms with Gasteiger partial charge in [0, 0.05) is 6.42 Å². The van der Waals surface area contributed by atoms with Crippen LogP contribution in [-0.2, 0) is 27.2 Å². The second-order valence-corrected chi connectivity index (χ2v) is 7.31. The Labute approximate surface area is 174 Å². The molecule has 2 aromatic carbocycles. The molecular formula is C22H23N5O3. The Morgan fingerprint density at radius 2 is 1.93 bits per heavy atom. The van der Waals surface area contributed by atoms with Gasteiger partial charge in [-0.05, 0) is 46.4 Å². The molecule has 0 saturated heterocycles. The number of esters is 1. The fraction of sp³-hybridized carbons (Fsp3) is 0.318. The third-order valence-electron chi connectivity index (χ3n) is 5.28. The van der Waals surface area contributed by atoms with Gasteiger partial charge < -0.3 is 10.1 Å². The highest BCUT2D eigenvalue weighted by molar-refractivity contribution is 5.82. The van der Waals surface area contributed by atoms with E-state index < -0.39 is 12.0 Å². The summed E-state index contributed by atoms with van der Waals surface area (Å²) in [6, 6.07) is 16.8. The lowest BCUT2D eigenvalue weighted by Crippen LogP contribution is -2.35. The summed E-state index contributed by atoms with van der Waals surface area (Å²) in [6.45, 7) is -0.342. The van der Waals surface area contributed by atoms with Crippen molar-refractivity contribution in [2.45, 2.75) is 37.8 Å². The zero-order chi connectivity index (χ0) is 20.8. The van der Waals surface area contributed by atoms with Gasteiger partial charge in [-0.2, -0.15) is 0 Å². The van der Waals surface area contributed by atoms with E-state index in [4.69, 9.17) is 4.74 Å². The van der Waals surface area contributed by atoms with Crippen molar-refractivity contribution in [2.24, 2.45) is 0 Å². The number of carbonyl (C=O) groups excluding carboxylic acids is 2. The maximum atomic E-state index is 12.7. The number of benzene rings is 2. The van der Waals surface area contributed by atoms with Gasteiger partial charge >= 0.3 is 5.97 Å². The molecule has 1 aliphatic rings. The SMILES string of the molecule is O=C(COC(=O)[C@@H](Cc1ccccc1)n1cnnn1)N[C@H]1CCCc2ccccc21. The van der Waals surface area contributed by atoms with E-state index >= 15 is 0 Å². The predicted molar refractivity (Wildman–Crippen MR) is 108 cm³/mol. The van der Waals surface area contributed by atoms with Crippen LogP contribution in [0.25, 0.3) is 0 Å². The van der Waals surface area contributed by atoms with Crippen LogP contribution < -0.4 is 5.32 Å². The van der Waals surface area contributed by atoms with Crippen molar-refractivity contribution in [2.75, 3.05) is 6.61 Å². The highest BCUT2D eigenvalue weighted by Crippen LogP contribution is 2.29. The Balaban J connectivity index is 1.37. The van der Waals surface area contributed by atoms with Crippen LogP contribution in [0.2, 0.25) is 0 Å². The number of nitrogens with zero attached hydrogens (tertiary/aromatic N) is 4. The molecular weight excluding hydrogens is 382 g/mol. The van der Waals surface area contributed by atoms with Gasteiger partial charge in [0.05, 0.1) is 6.04 Å². The van der Waals surface area contributed by atoms with Crippen molar-refractivity contribution in [3.63, 3.8) is 0 Å². The molecule has 0 saturated carbocycles. The van der Waals surface area contributed by atoms with Crippen LogP contribution in [0.4, 0.5) is 0 Å². The molecule has 0 aliphatic heterocycles. The molecule has 0 bridgehead atoms. The molecule has 1 aliphatic carbocycles. The topological polar surface area (TPSA) is 99.0 Å². The van der Waals surface area contributed by atoms with Crippen molar-refractivity contribution in [3.8, 4) is 0 Å². The van der Waals surface area contributed by atoms with Gasteiger partial charge in [0.25, 0.3) is 5.91 Å². The zero-order valence-corrected chi connectivity index (χ0v) is 16.5. The zero-order valence-electron chi connectivity index (χ0n) is 16.5. The smallest absolute Gasteiger partial charge is 0.331 e. The highest BCUT2D eigenvalue weighted by atomic mass is 16.5. The van der Waals surface area contributed by atoms with Crippen molar-refractivity contribution in [1.29, 1.82) is 0 Å². The summed E-state index contributed by atoms with van der Waals surface area (Å²) in [6.07, 6.45) is 4.64. The molecule has 8 nitrogen and oxygen atoms in total. The van der Waals surface area contributed by atoms with Gasteiger partial charge in [-0.3, -0.25) is 4.79 Å². The van der Waals surface area contributed by atoms with E-state index in [0.29, 0.717) is 6.42 Å². The third-order valence-corrected chi connectivity index (χ3v) is 5.28. The number of hydrogen-bond donors (Lipinski definition) is 1. The average molecular weight is 405 g/mol. The molecule has 2 atom stereocenters. The maximum Gasteiger partial charge on any atom is 0.331 e. The molecule has 0 radical (unpaired) electrons. The fourth-order valence-corrected chi connectivity index (χ4v) is 3.81. The van der Waals surface area contributed by atoms with E-state index in [1.54, 1.807) is 0 Å². The number of amides is 1. The molecule has 8 heteroatoms. The Hall–Kier alpha value is -3.55. The van der Waals surface area contributed by atoms with E-state index in [1.807, 2.05) is 48.5 Å². The van der Waals surface area contributed by atoms with Gasteiger partial charge in [0.15, 0.2) is 12.6 Å². The summed E-state index contributed by atoms with van der Waals surface area (Å²) in [5.41, 5.74) is 3.34. The van der Waals surface area contributed by atoms with Crippen molar-refractivity contribution < 1.29 is 14.3 Å². The molecule has 154 valence electrons. The number of carbonyl (C=O) groups is 2. The lowest BCUT2D eigenvalue weighted by atomic mass is 9.88. The number of fused-ring (bicyclic) bond motifs is 1. The van der Waals surface area contributed by atoms with Gasteiger partial charge in [-0.25, -0.2) is 9.48 Å². The third kappa shape index (κ3) is 4.71. The van der Waals surface area contributed by atoms with Crippen LogP contribution in [0.15, 0.2) is 60.9 Å². The summed E-state index contributed by atoms with van der Waals surface area (Å²) in [5.74, 6) is -0.870. The van der Waals surface area contributed by atoms with Gasteiger partial charge in [0.2, 0.25) is 0 Å². The van der Waals surface area contributed by atoms with E-state index in [2.05, 4.69) is 26.9 Å². The van der Waals surface area contributed by atoms with Crippen LogP contribution in [0.5, 0.6) is 0 Å². The van der Waals surface area contributed by atoms with Crippen LogP contribution in [-0.4, -0.2) is 38.7 Å². The maximum absolute atomic E-state index is 12.7. The molecule has 0 fully saturated rings. The van der Waals surface area contributed by atoms with Gasteiger partial charge in [0.1, 0.15) is 6.33 Å². The number of rotatable bonds is 7. The number of hydrogen-bond acceptors (Lipinski definition) is 6. The molecule has 4 rings (SSSR count). The fourth-order valence-electron chi connectivity index (χ4n) is 3.81. The molecule has 1 amide bonds. The Bertz CT molecular complexity index is 991. The summed E-state index contributed by atoms with van der Waals surface area (Å²) >= 11 is 0. The minimum Gasteiger partial charge on any atom is -0.454 e. The van der Waals surface area contributed by atoms with Crippen molar-refractivity contribution in [3.05, 3.63) is 77.6 Å². The van der Waals surface area contributed by atoms with E-state index in [-0.39, 0.29) is 18.6 Å². The van der Waals surface area contributed by atoms with E-state index in [0.717, 1.165) is 30.4 Å². The van der Waals surface area contributed by atoms with Crippen molar-refractivity contribution in [1.82, 2.24) is 25.5 Å². The Morgan fingerprint density at radius 3 is 2.73 bits per heavy atom. The molecule has 1 aromatic heterocycles. The van der Waals surface area contributed by atoms with Gasteiger partial charge in [-0.15, -0.1) is 5.10 Å². The van der Waals surface area contributed by atoms with Crippen molar-refractivity contribution >= 4 is 11.9 Å². The summed E-state index contributed by atoms with van der Waals surface area (Å²) in [4.78, 5) is 25.2. The summed E-state index contributed by atoms with van der Waals surface area (Å²) < 4.78 is 6.68. The first kappa shape index (κ1) is 19.8. The lowest BCUT2D eigenvalue weighted by molar-refractivity contribution is -0.152. The Morgan fingerprint density at radius 1 is 1.13 bits per heavy atom. The van der Waals surface area contributed by atoms with Crippen LogP contribution >= 0.6 is 0 Å². The molecule has 3 aromatic rings. The summed E-state index contributed by atoms with van der Waals surface area (Å²) in [7, 11) is 0. The molecule has 0 spiro atoms. The standard InChI is InChI=1S/C22H23N5O3/c28-21(24-19-12-6-10-17-9-4-5-11-18(17)19)14-30-22(29)20(27-15-23-25-26-27)13-16-7-2-1-3-8-16/h1-5,7-9,11,15,19-20H,6,10,12-14H2,(H,24,28)/t19-,20+/m0/s1. The number of ether oxygens (including phenoxy) is 1. The number of aryl methyl sites for hydroxylation is 1. The van der Waals surface area contributed by atoms with Crippen LogP contribution in [0, 0.1) is 0 Å². The number of aromatic nitrogens is 4. The molecule has 1 N–H and O–H groups in total. The first-order chi connectivity index (χ1) is 14.7. The normalized spacial score (nSPS) is 16.3. The molecule has 30 heavy (non-hydrogen) atoms. The van der Waals surface area contributed by atoms with Crippen LogP contribution in [0.3, 0.4) is 0 Å². The minimum absolute atomic E-state index is 0.0548. The average Bonchev–Trinajstić information content (AvgIpc) is 3.31. The summed E-state index contributed by atoms with van der Waals surface area (Å²) in [5, 5.41) is 14.0. The second kappa shape index (κ2) is 9.30. The number of nitrogens with one attached hydrogen (secondary N) is 1. The first-order valence-electron chi connectivity index (χ1n) is 10.0. The van der Waals surface area contributed by atoms with E-state index in [9.17, 15) is 9.59 Å². The van der Waals surface area contributed by atoms with Crippen LogP contribution in [0.1, 0.15) is 41.6 Å². The number of tetrazole rings is 1. The highest BCUT2D eigenvalue weighted by Gasteiger charge is 2.26.